The van der Waals surface area contributed by atoms with Crippen LogP contribution < -0.4 is 74.1 Å². The summed E-state index contributed by atoms with van der Waals surface area (Å²) in [5, 5.41) is 13.8. The molecular weight excluding hydrogens is 488 g/mol. The Morgan fingerprint density at radius 3 is 2.71 bits per heavy atom. The molecular formula is C19H18N9ORbS. The van der Waals surface area contributed by atoms with Crippen molar-refractivity contribution in [2.75, 3.05) is 36.4 Å². The van der Waals surface area contributed by atoms with Crippen LogP contribution in [0, 0.1) is 0 Å². The van der Waals surface area contributed by atoms with E-state index < -0.39 is 5.91 Å². The summed E-state index contributed by atoms with van der Waals surface area (Å²) < 4.78 is 1.68. The first kappa shape index (κ1) is 22.4. The van der Waals surface area contributed by atoms with Gasteiger partial charge in [0.15, 0.2) is 11.5 Å². The predicted molar refractivity (Wildman–Crippen MR) is 115 cm³/mol. The van der Waals surface area contributed by atoms with Crippen molar-refractivity contribution in [2.45, 2.75) is 0 Å². The molecule has 0 radical (unpaired) electrons. The zero-order valence-corrected chi connectivity index (χ0v) is 22.6. The molecule has 4 aromatic rings. The molecule has 1 fully saturated rings. The third-order valence-corrected chi connectivity index (χ3v) is 5.78. The van der Waals surface area contributed by atoms with Gasteiger partial charge in [-0.15, -0.1) is 24.4 Å². The maximum atomic E-state index is 11.4. The van der Waals surface area contributed by atoms with Crippen molar-refractivity contribution >= 4 is 40.2 Å². The average molecular weight is 506 g/mol. The van der Waals surface area contributed by atoms with E-state index in [2.05, 4.69) is 35.6 Å². The van der Waals surface area contributed by atoms with E-state index in [9.17, 15) is 4.79 Å². The zero-order valence-electron chi connectivity index (χ0n) is 16.9. The number of pyridine rings is 1. The number of fused-ring (bicyclic) bond motifs is 1. The molecule has 4 aromatic heterocycles. The van der Waals surface area contributed by atoms with Gasteiger partial charge in [-0.2, -0.15) is 5.10 Å². The van der Waals surface area contributed by atoms with Crippen LogP contribution >= 0.6 is 11.3 Å². The monoisotopic (exact) mass is 505 g/mol. The van der Waals surface area contributed by atoms with Gasteiger partial charge in [0.25, 0.3) is 5.91 Å². The van der Waals surface area contributed by atoms with E-state index in [1.165, 1.54) is 17.7 Å². The Bertz CT molecular complexity index is 1200. The molecule has 0 aromatic carbocycles. The molecule has 0 saturated carbocycles. The fraction of sp³-hybridized carbons (Fsp3) is 0.211. The standard InChI is InChI=1S/C19H18N9OS.Rb/c20-17(29)15-7-12(10-30-15)14-9-23-18(19-24-11-25-28(14)19)26-13-1-2-16(22-8-13)27-5-3-21-4-6-27;/h1-2,7-11H,3-6H2,(H2,20,29)(H,23,26);/q-1;+1. The van der Waals surface area contributed by atoms with Gasteiger partial charge in [0.2, 0.25) is 0 Å². The van der Waals surface area contributed by atoms with E-state index in [0.29, 0.717) is 16.3 Å². The first-order chi connectivity index (χ1) is 14.7. The number of primary amides is 1. The van der Waals surface area contributed by atoms with Crippen molar-refractivity contribution < 1.29 is 63.0 Å². The van der Waals surface area contributed by atoms with Gasteiger partial charge in [-0.3, -0.25) is 4.79 Å². The average Bonchev–Trinajstić information content (AvgIpc) is 3.46. The number of nitrogens with two attached hydrogens (primary N) is 1. The summed E-state index contributed by atoms with van der Waals surface area (Å²) in [5.41, 5.74) is 8.27. The van der Waals surface area contributed by atoms with Gasteiger partial charge in [0, 0.05) is 24.0 Å². The number of thiophene rings is 1. The minimum atomic E-state index is -0.456. The number of aromatic nitrogens is 5. The number of piperazine rings is 1. The van der Waals surface area contributed by atoms with E-state index in [1.807, 2.05) is 17.5 Å². The Morgan fingerprint density at radius 2 is 2.00 bits per heavy atom. The summed E-state index contributed by atoms with van der Waals surface area (Å²) >= 11 is 1.29. The number of amides is 1. The first-order valence-electron chi connectivity index (χ1n) is 9.38. The summed E-state index contributed by atoms with van der Waals surface area (Å²) in [4.78, 5) is 27.5. The molecule has 10 nitrogen and oxygen atoms in total. The van der Waals surface area contributed by atoms with Gasteiger partial charge in [-0.1, -0.05) is 0 Å². The predicted octanol–water partition coefficient (Wildman–Crippen LogP) is -0.712. The zero-order chi connectivity index (χ0) is 20.5. The van der Waals surface area contributed by atoms with Gasteiger partial charge in [-0.05, 0) is 18.2 Å². The molecule has 0 spiro atoms. The Kier molecular flexibility index (Phi) is 7.09. The second kappa shape index (κ2) is 9.80. The molecule has 1 aliphatic rings. The van der Waals surface area contributed by atoms with Crippen LogP contribution in [-0.4, -0.2) is 56.7 Å². The third-order valence-electron chi connectivity index (χ3n) is 4.83. The van der Waals surface area contributed by atoms with E-state index in [1.54, 1.807) is 23.0 Å². The Labute approximate surface area is 231 Å². The number of hydrogen-bond acceptors (Lipinski definition) is 8. The molecule has 0 aliphatic carbocycles. The van der Waals surface area contributed by atoms with E-state index in [-0.39, 0.29) is 58.2 Å². The Hall–Kier alpha value is -1.76. The molecule has 1 saturated heterocycles. The minimum absolute atomic E-state index is 0. The molecule has 1 aliphatic heterocycles. The van der Waals surface area contributed by atoms with Crippen LogP contribution in [0.3, 0.4) is 0 Å². The van der Waals surface area contributed by atoms with Crippen LogP contribution in [0.25, 0.3) is 22.2 Å². The molecule has 5 heterocycles. The van der Waals surface area contributed by atoms with Crippen molar-refractivity contribution in [1.82, 2.24) is 24.6 Å². The molecule has 0 bridgehead atoms. The molecule has 5 rings (SSSR count). The van der Waals surface area contributed by atoms with Gasteiger partial charge >= 0.3 is 58.2 Å². The molecule has 0 unspecified atom stereocenters. The van der Waals surface area contributed by atoms with E-state index >= 15 is 0 Å². The summed E-state index contributed by atoms with van der Waals surface area (Å²) in [5.74, 6) is 1.05. The van der Waals surface area contributed by atoms with Crippen LogP contribution in [0.2, 0.25) is 0 Å². The molecule has 1 amide bonds. The number of carbonyl (C=O) groups is 1. The van der Waals surface area contributed by atoms with Crippen molar-refractivity contribution in [3.05, 3.63) is 52.5 Å². The van der Waals surface area contributed by atoms with Crippen molar-refractivity contribution in [1.29, 1.82) is 0 Å². The fourth-order valence-corrected chi connectivity index (χ4v) is 4.08. The number of rotatable bonds is 5. The van der Waals surface area contributed by atoms with Crippen molar-refractivity contribution in [2.24, 2.45) is 5.73 Å². The topological polar surface area (TPSA) is 128 Å². The number of nitrogens with zero attached hydrogens (tertiary/aromatic N) is 7. The second-order valence-electron chi connectivity index (χ2n) is 6.74. The largest absolute Gasteiger partial charge is 1.00 e. The number of anilines is 3. The summed E-state index contributed by atoms with van der Waals surface area (Å²) in [6.07, 6.45) is 4.94. The van der Waals surface area contributed by atoms with Gasteiger partial charge < -0.3 is 21.3 Å². The normalized spacial score (nSPS) is 13.7. The fourth-order valence-electron chi connectivity index (χ4n) is 3.32. The Balaban J connectivity index is 0.00000231. The van der Waals surface area contributed by atoms with Gasteiger partial charge in [0.05, 0.1) is 28.7 Å². The SMILES string of the molecule is NC(=O)c1cc(-c2cnc(Nc3ccc(N4CC[N-]CC4)nc3)c3ncnn23)cs1.[Rb+]. The second-order valence-corrected chi connectivity index (χ2v) is 7.65. The number of hydrogen-bond donors (Lipinski definition) is 2. The maximum absolute atomic E-state index is 11.4. The van der Waals surface area contributed by atoms with Crippen LogP contribution in [-0.2, 0) is 0 Å². The summed E-state index contributed by atoms with van der Waals surface area (Å²) in [6.45, 7) is 3.47. The summed E-state index contributed by atoms with van der Waals surface area (Å²) in [6, 6.07) is 5.68. The molecule has 3 N–H and O–H groups in total. The van der Waals surface area contributed by atoms with E-state index in [4.69, 9.17) is 5.73 Å². The van der Waals surface area contributed by atoms with Crippen LogP contribution in [0.15, 0.2) is 42.3 Å². The van der Waals surface area contributed by atoms with Gasteiger partial charge in [-0.25, -0.2) is 19.5 Å². The Morgan fingerprint density at radius 1 is 1.16 bits per heavy atom. The molecule has 31 heavy (non-hydrogen) atoms. The number of carbonyl (C=O) groups excluding carboxylic acids is 1. The first-order valence-corrected chi connectivity index (χ1v) is 10.3. The van der Waals surface area contributed by atoms with Crippen LogP contribution in [0.1, 0.15) is 9.67 Å². The molecule has 0 atom stereocenters. The molecule has 152 valence electrons. The minimum Gasteiger partial charge on any atom is -0.659 e. The van der Waals surface area contributed by atoms with E-state index in [0.717, 1.165) is 48.9 Å². The van der Waals surface area contributed by atoms with Crippen molar-refractivity contribution in [3.63, 3.8) is 0 Å². The van der Waals surface area contributed by atoms with Gasteiger partial charge in [0.1, 0.15) is 12.1 Å². The summed E-state index contributed by atoms with van der Waals surface area (Å²) in [7, 11) is 0. The van der Waals surface area contributed by atoms with Crippen LogP contribution in [0.5, 0.6) is 0 Å². The smallest absolute Gasteiger partial charge is 0.659 e. The molecule has 12 heteroatoms. The number of nitrogens with one attached hydrogen (secondary N) is 1. The van der Waals surface area contributed by atoms with Crippen LogP contribution in [0.4, 0.5) is 17.3 Å². The quantitative estimate of drug-likeness (QED) is 0.366. The maximum Gasteiger partial charge on any atom is 1.00 e. The van der Waals surface area contributed by atoms with Crippen molar-refractivity contribution in [3.8, 4) is 11.3 Å². The third kappa shape index (κ3) is 4.71.